The predicted molar refractivity (Wildman–Crippen MR) is 139 cm³/mol. The monoisotopic (exact) mass is 464 g/mol. The van der Waals surface area contributed by atoms with Crippen LogP contribution in [0, 0.1) is 13.8 Å². The highest BCUT2D eigenvalue weighted by atomic mass is 32.1. The van der Waals surface area contributed by atoms with Crippen molar-refractivity contribution < 1.29 is 4.74 Å². The van der Waals surface area contributed by atoms with Gasteiger partial charge in [-0.15, -0.1) is 0 Å². The summed E-state index contributed by atoms with van der Waals surface area (Å²) in [5.74, 6) is 0. The molecule has 7 heteroatoms. The smallest absolute Gasteiger partial charge is 0.253 e. The number of hydrogen-bond acceptors (Lipinski definition) is 4. The second kappa shape index (κ2) is 10.9. The van der Waals surface area contributed by atoms with E-state index in [0.717, 1.165) is 62.4 Å². The lowest BCUT2D eigenvalue weighted by Crippen LogP contribution is -2.40. The molecule has 0 radical (unpaired) electrons. The molecule has 1 aromatic heterocycles. The summed E-state index contributed by atoms with van der Waals surface area (Å²) in [5, 5.41) is 5.02. The Morgan fingerprint density at radius 1 is 1.09 bits per heavy atom. The molecule has 0 unspecified atom stereocenters. The maximum Gasteiger partial charge on any atom is 0.253 e. The van der Waals surface area contributed by atoms with Crippen LogP contribution >= 0.6 is 12.2 Å². The van der Waals surface area contributed by atoms with Crippen LogP contribution in [0.25, 0.3) is 10.9 Å². The van der Waals surface area contributed by atoms with E-state index in [2.05, 4.69) is 52.1 Å². The number of morpholine rings is 1. The molecule has 33 heavy (non-hydrogen) atoms. The molecule has 1 fully saturated rings. The van der Waals surface area contributed by atoms with Crippen molar-refractivity contribution in [1.82, 2.24) is 14.8 Å². The number of thiocarbonyl (C=S) groups is 1. The summed E-state index contributed by atoms with van der Waals surface area (Å²) in [4.78, 5) is 20.4. The van der Waals surface area contributed by atoms with Crippen LogP contribution in [0.5, 0.6) is 0 Å². The average molecular weight is 465 g/mol. The van der Waals surface area contributed by atoms with Gasteiger partial charge in [0, 0.05) is 42.9 Å². The van der Waals surface area contributed by atoms with E-state index in [4.69, 9.17) is 17.0 Å². The van der Waals surface area contributed by atoms with Gasteiger partial charge in [-0.2, -0.15) is 0 Å². The molecule has 3 aromatic rings. The van der Waals surface area contributed by atoms with Crippen molar-refractivity contribution in [3.63, 3.8) is 0 Å². The fraction of sp³-hybridized carbons (Fsp3) is 0.385. The van der Waals surface area contributed by atoms with Gasteiger partial charge in [0.2, 0.25) is 0 Å². The number of H-pyrrole nitrogens is 1. The number of aromatic nitrogens is 1. The molecule has 0 amide bonds. The minimum atomic E-state index is -0.0670. The van der Waals surface area contributed by atoms with E-state index in [1.807, 2.05) is 30.3 Å². The van der Waals surface area contributed by atoms with Crippen LogP contribution in [0.4, 0.5) is 5.69 Å². The molecule has 6 nitrogen and oxygen atoms in total. The standard InChI is InChI=1S/C26H32N4O2S/c1-19-4-7-23(8-5-19)27-26(33)30(11-3-10-29-12-14-32-15-13-29)18-22-17-21-16-20(2)6-9-24(21)28-25(22)31/h4-9,16-17H,3,10-15,18H2,1-2H3,(H,27,33)(H,28,31). The third kappa shape index (κ3) is 6.41. The first-order valence-corrected chi connectivity index (χ1v) is 11.9. The number of rotatable bonds is 7. The first kappa shape index (κ1) is 23.4. The molecule has 1 aliphatic rings. The molecule has 1 aliphatic heterocycles. The number of aromatic amines is 1. The first-order chi connectivity index (χ1) is 16.0. The molecule has 2 N–H and O–H groups in total. The lowest BCUT2D eigenvalue weighted by molar-refractivity contribution is 0.0367. The van der Waals surface area contributed by atoms with Gasteiger partial charge in [-0.25, -0.2) is 0 Å². The SMILES string of the molecule is Cc1ccc(NC(=S)N(CCCN2CCOCC2)Cc2cc3cc(C)ccc3[nH]c2=O)cc1. The molecular formula is C26H32N4O2S. The molecule has 0 atom stereocenters. The normalized spacial score (nSPS) is 14.4. The van der Waals surface area contributed by atoms with Crippen LogP contribution in [0.2, 0.25) is 0 Å². The number of benzene rings is 2. The van der Waals surface area contributed by atoms with E-state index in [0.29, 0.717) is 17.2 Å². The van der Waals surface area contributed by atoms with Gasteiger partial charge in [0.25, 0.3) is 5.56 Å². The molecule has 0 spiro atoms. The van der Waals surface area contributed by atoms with Gasteiger partial charge < -0.3 is 19.9 Å². The van der Waals surface area contributed by atoms with Gasteiger partial charge in [-0.1, -0.05) is 29.3 Å². The van der Waals surface area contributed by atoms with E-state index in [1.165, 1.54) is 11.1 Å². The van der Waals surface area contributed by atoms with Gasteiger partial charge in [-0.05, 0) is 68.2 Å². The maximum atomic E-state index is 12.8. The van der Waals surface area contributed by atoms with Crippen molar-refractivity contribution in [2.45, 2.75) is 26.8 Å². The largest absolute Gasteiger partial charge is 0.379 e. The quantitative estimate of drug-likeness (QED) is 0.514. The zero-order chi connectivity index (χ0) is 23.2. The molecule has 0 bridgehead atoms. The Balaban J connectivity index is 1.51. The van der Waals surface area contributed by atoms with E-state index >= 15 is 0 Å². The van der Waals surface area contributed by atoms with Crippen LogP contribution in [-0.4, -0.2) is 59.3 Å². The summed E-state index contributed by atoms with van der Waals surface area (Å²) in [6.45, 7) is 9.86. The van der Waals surface area contributed by atoms with Crippen molar-refractivity contribution in [2.75, 3.05) is 44.7 Å². The van der Waals surface area contributed by atoms with Crippen LogP contribution in [0.3, 0.4) is 0 Å². The first-order valence-electron chi connectivity index (χ1n) is 11.5. The summed E-state index contributed by atoms with van der Waals surface area (Å²) in [7, 11) is 0. The Hall–Kier alpha value is -2.74. The Kier molecular flexibility index (Phi) is 7.75. The van der Waals surface area contributed by atoms with Crippen molar-refractivity contribution in [3.8, 4) is 0 Å². The van der Waals surface area contributed by atoms with Gasteiger partial charge >= 0.3 is 0 Å². The van der Waals surface area contributed by atoms with Crippen LogP contribution < -0.4 is 10.9 Å². The van der Waals surface area contributed by atoms with Crippen LogP contribution in [-0.2, 0) is 11.3 Å². The molecule has 1 saturated heterocycles. The van der Waals surface area contributed by atoms with E-state index < -0.39 is 0 Å². The second-order valence-corrected chi connectivity index (χ2v) is 9.13. The summed E-state index contributed by atoms with van der Waals surface area (Å²) >= 11 is 5.79. The lowest BCUT2D eigenvalue weighted by Gasteiger charge is -2.29. The number of fused-ring (bicyclic) bond motifs is 1. The minimum absolute atomic E-state index is 0.0670. The fourth-order valence-corrected chi connectivity index (χ4v) is 4.37. The van der Waals surface area contributed by atoms with Crippen molar-refractivity contribution >= 4 is 33.9 Å². The van der Waals surface area contributed by atoms with Crippen LogP contribution in [0.1, 0.15) is 23.1 Å². The second-order valence-electron chi connectivity index (χ2n) is 8.74. The molecule has 0 saturated carbocycles. The van der Waals surface area contributed by atoms with E-state index in [1.54, 1.807) is 0 Å². The summed E-state index contributed by atoms with van der Waals surface area (Å²) in [6, 6.07) is 16.2. The summed E-state index contributed by atoms with van der Waals surface area (Å²) < 4.78 is 5.45. The molecule has 4 rings (SSSR count). The van der Waals surface area contributed by atoms with Crippen molar-refractivity contribution in [1.29, 1.82) is 0 Å². The van der Waals surface area contributed by atoms with Crippen molar-refractivity contribution in [3.05, 3.63) is 75.6 Å². The molecule has 0 aliphatic carbocycles. The number of aryl methyl sites for hydroxylation is 2. The molecule has 2 aromatic carbocycles. The number of ether oxygens (including phenoxy) is 1. The van der Waals surface area contributed by atoms with Gasteiger partial charge in [0.05, 0.1) is 19.8 Å². The zero-order valence-corrected chi connectivity index (χ0v) is 20.2. The highest BCUT2D eigenvalue weighted by molar-refractivity contribution is 7.80. The third-order valence-electron chi connectivity index (χ3n) is 6.03. The Bertz CT molecular complexity index is 1150. The van der Waals surface area contributed by atoms with E-state index in [-0.39, 0.29) is 5.56 Å². The van der Waals surface area contributed by atoms with Gasteiger partial charge in [-0.3, -0.25) is 9.69 Å². The Labute approximate surface area is 200 Å². The highest BCUT2D eigenvalue weighted by Crippen LogP contribution is 2.16. The Morgan fingerprint density at radius 3 is 2.58 bits per heavy atom. The highest BCUT2D eigenvalue weighted by Gasteiger charge is 2.16. The third-order valence-corrected chi connectivity index (χ3v) is 6.39. The zero-order valence-electron chi connectivity index (χ0n) is 19.4. The predicted octanol–water partition coefficient (Wildman–Crippen LogP) is 4.07. The Morgan fingerprint density at radius 2 is 1.82 bits per heavy atom. The number of anilines is 1. The van der Waals surface area contributed by atoms with Crippen LogP contribution in [0.15, 0.2) is 53.3 Å². The topological polar surface area (TPSA) is 60.6 Å². The average Bonchev–Trinajstić information content (AvgIpc) is 2.81. The number of nitrogens with zero attached hydrogens (tertiary/aromatic N) is 2. The van der Waals surface area contributed by atoms with Crippen molar-refractivity contribution in [2.24, 2.45) is 0 Å². The lowest BCUT2D eigenvalue weighted by atomic mass is 10.1. The molecular weight excluding hydrogens is 432 g/mol. The molecule has 174 valence electrons. The number of pyridine rings is 1. The maximum absolute atomic E-state index is 12.8. The fourth-order valence-electron chi connectivity index (χ4n) is 4.10. The summed E-state index contributed by atoms with van der Waals surface area (Å²) in [5.41, 5.74) is 4.82. The van der Waals surface area contributed by atoms with Gasteiger partial charge in [0.1, 0.15) is 0 Å². The van der Waals surface area contributed by atoms with E-state index in [9.17, 15) is 4.79 Å². The number of hydrogen-bond donors (Lipinski definition) is 2. The minimum Gasteiger partial charge on any atom is -0.379 e. The summed E-state index contributed by atoms with van der Waals surface area (Å²) in [6.07, 6.45) is 0.959. The molecule has 2 heterocycles. The number of nitrogens with one attached hydrogen (secondary N) is 2. The van der Waals surface area contributed by atoms with Gasteiger partial charge in [0.15, 0.2) is 5.11 Å².